The third kappa shape index (κ3) is 3.78. The van der Waals surface area contributed by atoms with Crippen molar-refractivity contribution in [2.24, 2.45) is 0 Å². The number of nitrogens with one attached hydrogen (secondary N) is 1. The van der Waals surface area contributed by atoms with E-state index in [1.165, 1.54) is 11.9 Å². The van der Waals surface area contributed by atoms with Crippen LogP contribution in [0.2, 0.25) is 0 Å². The SMILES string of the molecule is CCOC(=O)C1=C(C)Nc2ncnn2C1c1ccc(OCc2ccccc2C)cc1. The molecule has 1 unspecified atom stereocenters. The molecular weight excluding hydrogens is 380 g/mol. The highest BCUT2D eigenvalue weighted by molar-refractivity contribution is 5.92. The molecule has 154 valence electrons. The molecule has 1 aliphatic heterocycles. The number of anilines is 1. The molecule has 0 fully saturated rings. The molecule has 1 aliphatic rings. The number of esters is 1. The number of benzene rings is 2. The average Bonchev–Trinajstić information content (AvgIpc) is 3.21. The van der Waals surface area contributed by atoms with E-state index >= 15 is 0 Å². The van der Waals surface area contributed by atoms with E-state index in [-0.39, 0.29) is 5.97 Å². The van der Waals surface area contributed by atoms with E-state index in [1.54, 1.807) is 11.6 Å². The standard InChI is InChI=1S/C23H24N4O3/c1-4-29-22(28)20-16(3)26-23-24-14-25-27(23)21(20)17-9-11-19(12-10-17)30-13-18-8-6-5-7-15(18)2/h5-12,14,21H,4,13H2,1-3H3,(H,24,25,26). The zero-order valence-electron chi connectivity index (χ0n) is 17.3. The Labute approximate surface area is 175 Å². The third-order valence-electron chi connectivity index (χ3n) is 5.14. The van der Waals surface area contributed by atoms with E-state index in [9.17, 15) is 4.79 Å². The lowest BCUT2D eigenvalue weighted by atomic mass is 9.96. The molecule has 2 aromatic carbocycles. The van der Waals surface area contributed by atoms with Crippen LogP contribution in [0.1, 0.15) is 36.6 Å². The maximum atomic E-state index is 12.7. The van der Waals surface area contributed by atoms with Crippen molar-refractivity contribution < 1.29 is 14.3 Å². The van der Waals surface area contributed by atoms with Gasteiger partial charge in [-0.05, 0) is 49.6 Å². The first-order valence-electron chi connectivity index (χ1n) is 9.90. The van der Waals surface area contributed by atoms with Gasteiger partial charge in [-0.3, -0.25) is 0 Å². The third-order valence-corrected chi connectivity index (χ3v) is 5.14. The Balaban J connectivity index is 1.60. The summed E-state index contributed by atoms with van der Waals surface area (Å²) in [5.74, 6) is 0.979. The summed E-state index contributed by atoms with van der Waals surface area (Å²) in [6.45, 7) is 6.51. The Bertz CT molecular complexity index is 1090. The van der Waals surface area contributed by atoms with Crippen molar-refractivity contribution in [1.82, 2.24) is 14.8 Å². The molecule has 4 rings (SSSR count). The molecule has 7 heteroatoms. The minimum atomic E-state index is -0.423. The molecule has 0 saturated heterocycles. The maximum Gasteiger partial charge on any atom is 0.338 e. The molecule has 0 spiro atoms. The number of nitrogens with zero attached hydrogens (tertiary/aromatic N) is 3. The normalized spacial score (nSPS) is 15.4. The van der Waals surface area contributed by atoms with Crippen LogP contribution in [0.3, 0.4) is 0 Å². The van der Waals surface area contributed by atoms with E-state index in [0.717, 1.165) is 16.9 Å². The number of aryl methyl sites for hydroxylation is 1. The van der Waals surface area contributed by atoms with Crippen LogP contribution in [0.25, 0.3) is 0 Å². The van der Waals surface area contributed by atoms with Gasteiger partial charge in [-0.25, -0.2) is 9.48 Å². The highest BCUT2D eigenvalue weighted by Gasteiger charge is 2.34. The van der Waals surface area contributed by atoms with E-state index < -0.39 is 6.04 Å². The summed E-state index contributed by atoms with van der Waals surface area (Å²) in [5.41, 5.74) is 4.47. The number of aromatic nitrogens is 3. The van der Waals surface area contributed by atoms with Gasteiger partial charge in [-0.1, -0.05) is 36.4 Å². The number of carbonyl (C=O) groups is 1. The first-order chi connectivity index (χ1) is 14.6. The average molecular weight is 404 g/mol. The second-order valence-electron chi connectivity index (χ2n) is 7.10. The zero-order chi connectivity index (χ0) is 21.1. The maximum absolute atomic E-state index is 12.7. The van der Waals surface area contributed by atoms with Crippen molar-refractivity contribution in [3.63, 3.8) is 0 Å². The minimum Gasteiger partial charge on any atom is -0.489 e. The van der Waals surface area contributed by atoms with Crippen molar-refractivity contribution in [3.8, 4) is 5.75 Å². The van der Waals surface area contributed by atoms with Gasteiger partial charge in [0, 0.05) is 5.70 Å². The summed E-state index contributed by atoms with van der Waals surface area (Å²) in [7, 11) is 0. The van der Waals surface area contributed by atoms with Crippen LogP contribution in [-0.4, -0.2) is 27.3 Å². The molecule has 30 heavy (non-hydrogen) atoms. The van der Waals surface area contributed by atoms with Crippen LogP contribution in [0.5, 0.6) is 5.75 Å². The molecule has 0 aliphatic carbocycles. The molecule has 1 atom stereocenters. The van der Waals surface area contributed by atoms with Gasteiger partial charge in [0.15, 0.2) is 0 Å². The number of hydrogen-bond donors (Lipinski definition) is 1. The van der Waals surface area contributed by atoms with Crippen LogP contribution >= 0.6 is 0 Å². The van der Waals surface area contributed by atoms with E-state index in [0.29, 0.717) is 30.4 Å². The molecule has 1 aromatic heterocycles. The van der Waals surface area contributed by atoms with Crippen LogP contribution in [0, 0.1) is 6.92 Å². The Morgan fingerprint density at radius 3 is 2.63 bits per heavy atom. The monoisotopic (exact) mass is 404 g/mol. The first-order valence-corrected chi connectivity index (χ1v) is 9.90. The van der Waals surface area contributed by atoms with Gasteiger partial charge < -0.3 is 14.8 Å². The van der Waals surface area contributed by atoms with E-state index in [4.69, 9.17) is 9.47 Å². The summed E-state index contributed by atoms with van der Waals surface area (Å²) in [6.07, 6.45) is 1.47. The van der Waals surface area contributed by atoms with Crippen molar-refractivity contribution in [2.45, 2.75) is 33.4 Å². The molecule has 3 aromatic rings. The fourth-order valence-corrected chi connectivity index (χ4v) is 3.55. The summed E-state index contributed by atoms with van der Waals surface area (Å²) in [5, 5.41) is 7.45. The van der Waals surface area contributed by atoms with Crippen LogP contribution in [0.15, 0.2) is 66.1 Å². The van der Waals surface area contributed by atoms with Gasteiger partial charge >= 0.3 is 5.97 Å². The minimum absolute atomic E-state index is 0.304. The second-order valence-corrected chi connectivity index (χ2v) is 7.10. The summed E-state index contributed by atoms with van der Waals surface area (Å²) < 4.78 is 12.9. The number of fused-ring (bicyclic) bond motifs is 1. The number of allylic oxidation sites excluding steroid dienone is 1. The van der Waals surface area contributed by atoms with Gasteiger partial charge in [0.1, 0.15) is 24.7 Å². The van der Waals surface area contributed by atoms with Gasteiger partial charge in [0.25, 0.3) is 0 Å². The molecule has 0 bridgehead atoms. The van der Waals surface area contributed by atoms with Crippen molar-refractivity contribution in [1.29, 1.82) is 0 Å². The lowest BCUT2D eigenvalue weighted by molar-refractivity contribution is -0.139. The fourth-order valence-electron chi connectivity index (χ4n) is 3.55. The Kier molecular flexibility index (Phi) is 5.52. The van der Waals surface area contributed by atoms with Crippen molar-refractivity contribution in [3.05, 3.63) is 82.8 Å². The highest BCUT2D eigenvalue weighted by atomic mass is 16.5. The van der Waals surface area contributed by atoms with Gasteiger partial charge in [0.2, 0.25) is 5.95 Å². The second kappa shape index (κ2) is 8.41. The van der Waals surface area contributed by atoms with Crippen molar-refractivity contribution >= 4 is 11.9 Å². The zero-order valence-corrected chi connectivity index (χ0v) is 17.3. The van der Waals surface area contributed by atoms with Crippen LogP contribution in [-0.2, 0) is 16.1 Å². The summed E-state index contributed by atoms with van der Waals surface area (Å²) in [6, 6.07) is 15.4. The van der Waals surface area contributed by atoms with Gasteiger partial charge in [-0.15, -0.1) is 0 Å². The Morgan fingerprint density at radius 1 is 1.13 bits per heavy atom. The van der Waals surface area contributed by atoms with Gasteiger partial charge in [-0.2, -0.15) is 10.1 Å². The predicted molar refractivity (Wildman–Crippen MR) is 113 cm³/mol. The topological polar surface area (TPSA) is 78.3 Å². The lowest BCUT2D eigenvalue weighted by Crippen LogP contribution is -2.29. The molecule has 2 heterocycles. The molecule has 0 radical (unpaired) electrons. The summed E-state index contributed by atoms with van der Waals surface area (Å²) >= 11 is 0. The molecule has 1 N–H and O–H groups in total. The molecule has 0 amide bonds. The number of ether oxygens (including phenoxy) is 2. The number of hydrogen-bond acceptors (Lipinski definition) is 6. The summed E-state index contributed by atoms with van der Waals surface area (Å²) in [4.78, 5) is 16.9. The van der Waals surface area contributed by atoms with Crippen molar-refractivity contribution in [2.75, 3.05) is 11.9 Å². The van der Waals surface area contributed by atoms with E-state index in [2.05, 4.69) is 34.5 Å². The van der Waals surface area contributed by atoms with Gasteiger partial charge in [0.05, 0.1) is 12.2 Å². The number of rotatable bonds is 6. The predicted octanol–water partition coefficient (Wildman–Crippen LogP) is 4.02. The number of carbonyl (C=O) groups excluding carboxylic acids is 1. The highest BCUT2D eigenvalue weighted by Crippen LogP contribution is 2.35. The molecular formula is C23H24N4O3. The quantitative estimate of drug-likeness (QED) is 0.625. The largest absolute Gasteiger partial charge is 0.489 e. The molecule has 7 nitrogen and oxygen atoms in total. The lowest BCUT2D eigenvalue weighted by Gasteiger charge is -2.28. The molecule has 0 saturated carbocycles. The Morgan fingerprint density at radius 2 is 1.90 bits per heavy atom. The van der Waals surface area contributed by atoms with E-state index in [1.807, 2.05) is 43.3 Å². The van der Waals surface area contributed by atoms with Crippen LogP contribution < -0.4 is 10.1 Å². The fraction of sp³-hybridized carbons (Fsp3) is 0.261. The smallest absolute Gasteiger partial charge is 0.338 e. The first kappa shape index (κ1) is 19.7. The van der Waals surface area contributed by atoms with Crippen LogP contribution in [0.4, 0.5) is 5.95 Å². The Hall–Kier alpha value is -3.61.